The fourth-order valence-corrected chi connectivity index (χ4v) is 2.21. The third kappa shape index (κ3) is 1.63. The van der Waals surface area contributed by atoms with Gasteiger partial charge >= 0.3 is 0 Å². The van der Waals surface area contributed by atoms with Crippen molar-refractivity contribution in [2.75, 3.05) is 5.73 Å². The monoisotopic (exact) mass is 279 g/mol. The molecule has 0 fully saturated rings. The fourth-order valence-electron chi connectivity index (χ4n) is 1.86. The second kappa shape index (κ2) is 3.94. The molecule has 4 heteroatoms. The molecule has 16 heavy (non-hydrogen) atoms. The zero-order chi connectivity index (χ0) is 11.9. The van der Waals surface area contributed by atoms with Gasteiger partial charge in [0, 0.05) is 17.1 Å². The quantitative estimate of drug-likeness (QED) is 0.872. The van der Waals surface area contributed by atoms with Crippen LogP contribution in [0.3, 0.4) is 0 Å². The van der Waals surface area contributed by atoms with Gasteiger partial charge in [0.05, 0.1) is 17.6 Å². The summed E-state index contributed by atoms with van der Waals surface area (Å²) in [7, 11) is 1.90. The molecule has 0 spiro atoms. The molecule has 0 saturated carbocycles. The van der Waals surface area contributed by atoms with Crippen LogP contribution in [0.2, 0.25) is 0 Å². The Bertz CT molecular complexity index is 524. The summed E-state index contributed by atoms with van der Waals surface area (Å²) in [4.78, 5) is 0. The van der Waals surface area contributed by atoms with E-state index < -0.39 is 0 Å². The van der Waals surface area contributed by atoms with Gasteiger partial charge in [-0.05, 0) is 25.0 Å². The van der Waals surface area contributed by atoms with E-state index in [1.165, 1.54) is 11.1 Å². The number of anilines is 1. The zero-order valence-electron chi connectivity index (χ0n) is 9.58. The molecule has 0 amide bonds. The Kier molecular flexibility index (Phi) is 2.76. The molecule has 1 heterocycles. The van der Waals surface area contributed by atoms with Crippen molar-refractivity contribution in [2.24, 2.45) is 7.05 Å². The number of benzene rings is 1. The third-order valence-electron chi connectivity index (χ3n) is 2.80. The molecule has 0 saturated heterocycles. The minimum Gasteiger partial charge on any atom is -0.396 e. The molecule has 1 aromatic heterocycles. The number of halogens is 1. The zero-order valence-corrected chi connectivity index (χ0v) is 11.2. The van der Waals surface area contributed by atoms with Crippen molar-refractivity contribution in [3.63, 3.8) is 0 Å². The molecule has 0 aliphatic rings. The number of nitrogens with two attached hydrogens (primary N) is 1. The van der Waals surface area contributed by atoms with Crippen molar-refractivity contribution in [1.29, 1.82) is 0 Å². The SMILES string of the molecule is Cc1ccc(-c2c(N)cnn2C)c(C)c1Br. The second-order valence-corrected chi connectivity index (χ2v) is 4.73. The first-order chi connectivity index (χ1) is 7.52. The van der Waals surface area contributed by atoms with Gasteiger partial charge in [0.25, 0.3) is 0 Å². The van der Waals surface area contributed by atoms with Crippen LogP contribution in [-0.2, 0) is 7.05 Å². The van der Waals surface area contributed by atoms with Crippen molar-refractivity contribution in [2.45, 2.75) is 13.8 Å². The van der Waals surface area contributed by atoms with Crippen LogP contribution in [0.15, 0.2) is 22.8 Å². The van der Waals surface area contributed by atoms with E-state index in [1.807, 2.05) is 7.05 Å². The van der Waals surface area contributed by atoms with E-state index in [2.05, 4.69) is 47.0 Å². The van der Waals surface area contributed by atoms with Gasteiger partial charge in [-0.15, -0.1) is 0 Å². The number of aromatic nitrogens is 2. The second-order valence-electron chi connectivity index (χ2n) is 3.94. The Balaban J connectivity index is 2.71. The van der Waals surface area contributed by atoms with E-state index >= 15 is 0 Å². The van der Waals surface area contributed by atoms with Gasteiger partial charge in [0.2, 0.25) is 0 Å². The summed E-state index contributed by atoms with van der Waals surface area (Å²) < 4.78 is 2.94. The molecule has 1 aromatic carbocycles. The standard InChI is InChI=1S/C12H14BrN3/c1-7-4-5-9(8(2)11(7)13)12-10(14)6-15-16(12)3/h4-6H,14H2,1-3H3. The average Bonchev–Trinajstić information content (AvgIpc) is 2.57. The summed E-state index contributed by atoms with van der Waals surface area (Å²) in [6.07, 6.45) is 1.68. The summed E-state index contributed by atoms with van der Waals surface area (Å²) >= 11 is 3.59. The van der Waals surface area contributed by atoms with E-state index in [0.29, 0.717) is 5.69 Å². The van der Waals surface area contributed by atoms with Gasteiger partial charge in [0.15, 0.2) is 0 Å². The van der Waals surface area contributed by atoms with Gasteiger partial charge in [-0.3, -0.25) is 4.68 Å². The fraction of sp³-hybridized carbons (Fsp3) is 0.250. The minimum atomic E-state index is 0.710. The molecule has 0 bridgehead atoms. The summed E-state index contributed by atoms with van der Waals surface area (Å²) in [5, 5.41) is 4.16. The molecule has 2 aromatic rings. The molecule has 0 radical (unpaired) electrons. The van der Waals surface area contributed by atoms with Crippen LogP contribution in [-0.4, -0.2) is 9.78 Å². The first-order valence-electron chi connectivity index (χ1n) is 5.06. The largest absolute Gasteiger partial charge is 0.396 e. The summed E-state index contributed by atoms with van der Waals surface area (Å²) in [5.41, 5.74) is 11.1. The lowest BCUT2D eigenvalue weighted by molar-refractivity contribution is 0.775. The lowest BCUT2D eigenvalue weighted by atomic mass is 10.0. The van der Waals surface area contributed by atoms with Crippen LogP contribution in [0.25, 0.3) is 11.3 Å². The van der Waals surface area contributed by atoms with Gasteiger partial charge < -0.3 is 5.73 Å². The molecule has 2 N–H and O–H groups in total. The Morgan fingerprint density at radius 2 is 2.00 bits per heavy atom. The van der Waals surface area contributed by atoms with Crippen molar-refractivity contribution in [3.8, 4) is 11.3 Å². The number of nitrogen functional groups attached to an aromatic ring is 1. The Morgan fingerprint density at radius 3 is 2.56 bits per heavy atom. The highest BCUT2D eigenvalue weighted by atomic mass is 79.9. The van der Waals surface area contributed by atoms with Crippen molar-refractivity contribution in [3.05, 3.63) is 33.9 Å². The van der Waals surface area contributed by atoms with E-state index in [-0.39, 0.29) is 0 Å². The molecule has 0 aliphatic carbocycles. The van der Waals surface area contributed by atoms with Crippen molar-refractivity contribution < 1.29 is 0 Å². The summed E-state index contributed by atoms with van der Waals surface area (Å²) in [5.74, 6) is 0. The maximum absolute atomic E-state index is 5.93. The molecule has 84 valence electrons. The van der Waals surface area contributed by atoms with Gasteiger partial charge in [0.1, 0.15) is 0 Å². The first-order valence-corrected chi connectivity index (χ1v) is 5.85. The smallest absolute Gasteiger partial charge is 0.0911 e. The number of hydrogen-bond donors (Lipinski definition) is 1. The molecule has 3 nitrogen and oxygen atoms in total. The number of nitrogens with zero attached hydrogens (tertiary/aromatic N) is 2. The predicted octanol–water partition coefficient (Wildman–Crippen LogP) is 3.05. The molecular formula is C12H14BrN3. The van der Waals surface area contributed by atoms with Gasteiger partial charge in [-0.1, -0.05) is 28.1 Å². The molecular weight excluding hydrogens is 266 g/mol. The van der Waals surface area contributed by atoms with Crippen LogP contribution in [0.1, 0.15) is 11.1 Å². The highest BCUT2D eigenvalue weighted by Gasteiger charge is 2.13. The van der Waals surface area contributed by atoms with Crippen molar-refractivity contribution >= 4 is 21.6 Å². The molecule has 2 rings (SSSR count). The van der Waals surface area contributed by atoms with Crippen LogP contribution < -0.4 is 5.73 Å². The minimum absolute atomic E-state index is 0.710. The van der Waals surface area contributed by atoms with Crippen LogP contribution in [0.4, 0.5) is 5.69 Å². The highest BCUT2D eigenvalue weighted by molar-refractivity contribution is 9.10. The highest BCUT2D eigenvalue weighted by Crippen LogP contribution is 2.33. The number of aryl methyl sites for hydroxylation is 2. The Morgan fingerprint density at radius 1 is 1.31 bits per heavy atom. The summed E-state index contributed by atoms with van der Waals surface area (Å²) in [6, 6.07) is 4.17. The molecule has 0 atom stereocenters. The van der Waals surface area contributed by atoms with Crippen LogP contribution in [0.5, 0.6) is 0 Å². The maximum Gasteiger partial charge on any atom is 0.0911 e. The van der Waals surface area contributed by atoms with Gasteiger partial charge in [-0.2, -0.15) is 5.10 Å². The van der Waals surface area contributed by atoms with Crippen LogP contribution >= 0.6 is 15.9 Å². The lowest BCUT2D eigenvalue weighted by Gasteiger charge is -2.11. The van der Waals surface area contributed by atoms with Gasteiger partial charge in [-0.25, -0.2) is 0 Å². The van der Waals surface area contributed by atoms with Crippen LogP contribution in [0, 0.1) is 13.8 Å². The molecule has 0 unspecified atom stereocenters. The van der Waals surface area contributed by atoms with E-state index in [0.717, 1.165) is 15.7 Å². The van der Waals surface area contributed by atoms with E-state index in [4.69, 9.17) is 5.73 Å². The maximum atomic E-state index is 5.93. The Labute approximate surface area is 103 Å². The number of rotatable bonds is 1. The number of hydrogen-bond acceptors (Lipinski definition) is 2. The normalized spacial score (nSPS) is 10.8. The van der Waals surface area contributed by atoms with E-state index in [9.17, 15) is 0 Å². The van der Waals surface area contributed by atoms with E-state index in [1.54, 1.807) is 10.9 Å². The Hall–Kier alpha value is -1.29. The topological polar surface area (TPSA) is 43.8 Å². The summed E-state index contributed by atoms with van der Waals surface area (Å²) in [6.45, 7) is 4.16. The predicted molar refractivity (Wildman–Crippen MR) is 70.2 cm³/mol. The molecule has 0 aliphatic heterocycles. The average molecular weight is 280 g/mol. The third-order valence-corrected chi connectivity index (χ3v) is 4.02. The van der Waals surface area contributed by atoms with Crippen molar-refractivity contribution in [1.82, 2.24) is 9.78 Å². The lowest BCUT2D eigenvalue weighted by Crippen LogP contribution is -1.98. The first kappa shape index (κ1) is 11.2.